The molecule has 0 bridgehead atoms. The fourth-order valence-electron chi connectivity index (χ4n) is 3.21. The number of esters is 1. The van der Waals surface area contributed by atoms with Crippen LogP contribution in [0.3, 0.4) is 0 Å². The van der Waals surface area contributed by atoms with Gasteiger partial charge in [0, 0.05) is 19.9 Å². The minimum Gasteiger partial charge on any atom is -0.490 e. The lowest BCUT2D eigenvalue weighted by atomic mass is 10.0. The van der Waals surface area contributed by atoms with Gasteiger partial charge in [0.25, 0.3) is 0 Å². The number of ether oxygens (including phenoxy) is 3. The molecule has 36 heavy (non-hydrogen) atoms. The van der Waals surface area contributed by atoms with Crippen LogP contribution in [0.1, 0.15) is 52.5 Å². The van der Waals surface area contributed by atoms with Gasteiger partial charge in [-0.15, -0.1) is 0 Å². The average molecular weight is 506 g/mol. The molecule has 0 aliphatic heterocycles. The van der Waals surface area contributed by atoms with Crippen molar-refractivity contribution in [2.45, 2.75) is 71.1 Å². The summed E-state index contributed by atoms with van der Waals surface area (Å²) < 4.78 is 15.5. The van der Waals surface area contributed by atoms with Gasteiger partial charge in [0.05, 0.1) is 7.11 Å². The van der Waals surface area contributed by atoms with Crippen LogP contribution in [0.4, 0.5) is 4.79 Å². The maximum Gasteiger partial charge on any atom is 0.407 e. The fraction of sp³-hybridized carbons (Fsp3) is 0.538. The highest BCUT2D eigenvalue weighted by molar-refractivity contribution is 5.90. The third-order valence-corrected chi connectivity index (χ3v) is 4.82. The Morgan fingerprint density at radius 3 is 2.25 bits per heavy atom. The zero-order chi connectivity index (χ0) is 27.1. The summed E-state index contributed by atoms with van der Waals surface area (Å²) in [5.41, 5.74) is 0.216. The molecule has 3 amide bonds. The summed E-state index contributed by atoms with van der Waals surface area (Å²) in [6.07, 6.45) is 2.75. The number of alkyl carbamates (subject to hydrolysis) is 1. The van der Waals surface area contributed by atoms with Gasteiger partial charge >= 0.3 is 12.1 Å². The Bertz CT molecular complexity index is 879. The number of methoxy groups -OCH3 is 1. The molecule has 0 unspecified atom stereocenters. The van der Waals surface area contributed by atoms with Crippen molar-refractivity contribution in [1.82, 2.24) is 16.0 Å². The van der Waals surface area contributed by atoms with Gasteiger partial charge in [-0.3, -0.25) is 9.59 Å². The first kappa shape index (κ1) is 30.5. The number of hydrogen-bond acceptors (Lipinski definition) is 7. The number of hydrogen-bond donors (Lipinski definition) is 3. The maximum absolute atomic E-state index is 13.0. The Hall–Kier alpha value is -3.56. The van der Waals surface area contributed by atoms with Gasteiger partial charge in [0.1, 0.15) is 30.0 Å². The Kier molecular flexibility index (Phi) is 13.1. The van der Waals surface area contributed by atoms with Crippen LogP contribution < -0.4 is 20.7 Å². The number of nitrogens with one attached hydrogen (secondary N) is 3. The average Bonchev–Trinajstić information content (AvgIpc) is 2.80. The number of benzene rings is 1. The SMILES string of the molecule is C=CCOc1ccc(C[C@H](NC(C)=O)C(=O)N[C@@H](CCCCNC(=O)OC(C)(C)C)C(=O)OC)cc1. The highest BCUT2D eigenvalue weighted by atomic mass is 16.6. The van der Waals surface area contributed by atoms with E-state index in [0.29, 0.717) is 38.2 Å². The Labute approximate surface area is 213 Å². The van der Waals surface area contributed by atoms with Crippen LogP contribution in [-0.2, 0) is 30.3 Å². The molecule has 10 heteroatoms. The Morgan fingerprint density at radius 2 is 1.69 bits per heavy atom. The van der Waals surface area contributed by atoms with E-state index in [1.165, 1.54) is 14.0 Å². The molecular weight excluding hydrogens is 466 g/mol. The summed E-state index contributed by atoms with van der Waals surface area (Å²) in [7, 11) is 1.24. The molecule has 0 saturated carbocycles. The van der Waals surface area contributed by atoms with Gasteiger partial charge in [-0.1, -0.05) is 24.8 Å². The molecule has 200 valence electrons. The molecule has 10 nitrogen and oxygen atoms in total. The predicted molar refractivity (Wildman–Crippen MR) is 135 cm³/mol. The van der Waals surface area contributed by atoms with Gasteiger partial charge in [-0.25, -0.2) is 9.59 Å². The van der Waals surface area contributed by atoms with Crippen LogP contribution in [0, 0.1) is 0 Å². The van der Waals surface area contributed by atoms with Gasteiger partial charge in [-0.05, 0) is 57.7 Å². The molecule has 0 fully saturated rings. The lowest BCUT2D eigenvalue weighted by molar-refractivity contribution is -0.145. The molecule has 2 atom stereocenters. The lowest BCUT2D eigenvalue weighted by Gasteiger charge is -2.22. The molecule has 1 aromatic rings. The van der Waals surface area contributed by atoms with Crippen LogP contribution in [-0.4, -0.2) is 61.8 Å². The van der Waals surface area contributed by atoms with E-state index in [9.17, 15) is 19.2 Å². The second-order valence-corrected chi connectivity index (χ2v) is 9.21. The summed E-state index contributed by atoms with van der Waals surface area (Å²) in [4.78, 5) is 48.7. The van der Waals surface area contributed by atoms with E-state index in [1.807, 2.05) is 0 Å². The smallest absolute Gasteiger partial charge is 0.407 e. The lowest BCUT2D eigenvalue weighted by Crippen LogP contribution is -2.52. The predicted octanol–water partition coefficient (Wildman–Crippen LogP) is 2.65. The normalized spacial score (nSPS) is 12.5. The van der Waals surface area contributed by atoms with E-state index >= 15 is 0 Å². The van der Waals surface area contributed by atoms with Gasteiger partial charge in [0.15, 0.2) is 0 Å². The quantitative estimate of drug-likeness (QED) is 0.201. The van der Waals surface area contributed by atoms with Gasteiger partial charge < -0.3 is 30.2 Å². The molecule has 0 aromatic heterocycles. The maximum atomic E-state index is 13.0. The molecular formula is C26H39N3O7. The summed E-state index contributed by atoms with van der Waals surface area (Å²) in [6, 6.07) is 5.36. The van der Waals surface area contributed by atoms with Crippen molar-refractivity contribution < 1.29 is 33.4 Å². The summed E-state index contributed by atoms with van der Waals surface area (Å²) >= 11 is 0. The minimum absolute atomic E-state index is 0.223. The topological polar surface area (TPSA) is 132 Å². The zero-order valence-corrected chi connectivity index (χ0v) is 21.8. The number of carbonyl (C=O) groups excluding carboxylic acids is 4. The molecule has 0 aliphatic rings. The first-order valence-electron chi connectivity index (χ1n) is 11.9. The molecule has 3 N–H and O–H groups in total. The minimum atomic E-state index is -0.894. The van der Waals surface area contributed by atoms with Crippen LogP contribution in [0.2, 0.25) is 0 Å². The van der Waals surface area contributed by atoms with Crippen molar-refractivity contribution in [3.05, 3.63) is 42.5 Å². The van der Waals surface area contributed by atoms with Gasteiger partial charge in [-0.2, -0.15) is 0 Å². The van der Waals surface area contributed by atoms with Crippen molar-refractivity contribution in [3.8, 4) is 5.75 Å². The molecule has 0 saturated heterocycles. The van der Waals surface area contributed by atoms with Crippen molar-refractivity contribution in [1.29, 1.82) is 0 Å². The highest BCUT2D eigenvalue weighted by Gasteiger charge is 2.27. The molecule has 1 aromatic carbocycles. The first-order chi connectivity index (χ1) is 16.9. The zero-order valence-electron chi connectivity index (χ0n) is 21.8. The standard InChI is InChI=1S/C26H39N3O7/c1-7-16-35-20-13-11-19(12-14-20)17-22(28-18(2)30)23(31)29-21(24(32)34-6)10-8-9-15-27-25(33)36-26(3,4)5/h7,11-14,21-22H,1,8-10,15-17H2,2-6H3,(H,27,33)(H,28,30)(H,29,31)/t21-,22-/m0/s1. The summed E-state index contributed by atoms with van der Waals surface area (Å²) in [5, 5.41) is 7.98. The van der Waals surface area contributed by atoms with Crippen LogP contribution in [0.15, 0.2) is 36.9 Å². The van der Waals surface area contributed by atoms with Gasteiger partial charge in [0.2, 0.25) is 11.8 Å². The van der Waals surface area contributed by atoms with E-state index in [1.54, 1.807) is 51.1 Å². The van der Waals surface area contributed by atoms with Crippen molar-refractivity contribution in [2.24, 2.45) is 0 Å². The third-order valence-electron chi connectivity index (χ3n) is 4.82. The molecule has 0 radical (unpaired) electrons. The highest BCUT2D eigenvalue weighted by Crippen LogP contribution is 2.14. The monoisotopic (exact) mass is 505 g/mol. The number of amides is 3. The summed E-state index contributed by atoms with van der Waals surface area (Å²) in [6.45, 7) is 11.0. The number of carbonyl (C=O) groups is 4. The van der Waals surface area contributed by atoms with E-state index in [2.05, 4.69) is 22.5 Å². The van der Waals surface area contributed by atoms with Crippen LogP contribution >= 0.6 is 0 Å². The molecule has 1 rings (SSSR count). The van der Waals surface area contributed by atoms with Crippen molar-refractivity contribution in [3.63, 3.8) is 0 Å². The van der Waals surface area contributed by atoms with Crippen molar-refractivity contribution in [2.75, 3.05) is 20.3 Å². The van der Waals surface area contributed by atoms with E-state index in [-0.39, 0.29) is 12.3 Å². The Balaban J connectivity index is 2.70. The molecule has 0 spiro atoms. The molecule has 0 aliphatic carbocycles. The van der Waals surface area contributed by atoms with E-state index < -0.39 is 35.7 Å². The summed E-state index contributed by atoms with van der Waals surface area (Å²) in [5.74, 6) is -0.803. The third kappa shape index (κ3) is 12.8. The number of rotatable bonds is 14. The second-order valence-electron chi connectivity index (χ2n) is 9.21. The molecule has 0 heterocycles. The number of unbranched alkanes of at least 4 members (excludes halogenated alkanes) is 1. The Morgan fingerprint density at radius 1 is 1.03 bits per heavy atom. The van der Waals surface area contributed by atoms with Crippen LogP contribution in [0.5, 0.6) is 5.75 Å². The second kappa shape index (κ2) is 15.4. The van der Waals surface area contributed by atoms with E-state index in [4.69, 9.17) is 14.2 Å². The fourth-order valence-corrected chi connectivity index (χ4v) is 3.21. The largest absolute Gasteiger partial charge is 0.490 e. The van der Waals surface area contributed by atoms with E-state index in [0.717, 1.165) is 5.56 Å². The first-order valence-corrected chi connectivity index (χ1v) is 11.9. The van der Waals surface area contributed by atoms with Crippen molar-refractivity contribution >= 4 is 23.9 Å². The van der Waals surface area contributed by atoms with Crippen LogP contribution in [0.25, 0.3) is 0 Å².